The molecule has 0 atom stereocenters. The number of hydrogen-bond donors (Lipinski definition) is 0. The van der Waals surface area contributed by atoms with Crippen molar-refractivity contribution in [2.75, 3.05) is 0 Å². The monoisotopic (exact) mass is 212 g/mol. The molecule has 0 aliphatic rings. The van der Waals surface area contributed by atoms with E-state index in [-0.39, 0.29) is 0 Å². The van der Waals surface area contributed by atoms with Gasteiger partial charge in [-0.1, -0.05) is 18.2 Å². The van der Waals surface area contributed by atoms with Gasteiger partial charge in [0.05, 0.1) is 6.07 Å². The molecule has 2 aromatic rings. The Morgan fingerprint density at radius 1 is 1.25 bits per heavy atom. The summed E-state index contributed by atoms with van der Waals surface area (Å²) in [7, 11) is 0. The van der Waals surface area contributed by atoms with Crippen LogP contribution in [0.1, 0.15) is 25.0 Å². The third kappa shape index (κ3) is 2.09. The van der Waals surface area contributed by atoms with Gasteiger partial charge in [0.1, 0.15) is 0 Å². The van der Waals surface area contributed by atoms with Gasteiger partial charge < -0.3 is 4.57 Å². The highest BCUT2D eigenvalue weighted by Crippen LogP contribution is 2.19. The van der Waals surface area contributed by atoms with E-state index in [1.165, 1.54) is 16.6 Å². The van der Waals surface area contributed by atoms with Crippen molar-refractivity contribution >= 4 is 10.9 Å². The summed E-state index contributed by atoms with van der Waals surface area (Å²) in [6, 6.07) is 12.9. The molecule has 0 aliphatic heterocycles. The highest BCUT2D eigenvalue weighted by molar-refractivity contribution is 5.81. The van der Waals surface area contributed by atoms with E-state index in [4.69, 9.17) is 5.26 Å². The molecule has 0 radical (unpaired) electrons. The van der Waals surface area contributed by atoms with Crippen LogP contribution in [0, 0.1) is 18.3 Å². The van der Waals surface area contributed by atoms with Crippen LogP contribution in [0.25, 0.3) is 10.9 Å². The van der Waals surface area contributed by atoms with Crippen LogP contribution in [-0.4, -0.2) is 4.57 Å². The van der Waals surface area contributed by atoms with Crippen molar-refractivity contribution < 1.29 is 0 Å². The van der Waals surface area contributed by atoms with Crippen molar-refractivity contribution in [2.45, 2.75) is 32.7 Å². The van der Waals surface area contributed by atoms with E-state index in [0.29, 0.717) is 6.42 Å². The number of nitriles is 1. The maximum atomic E-state index is 8.49. The predicted octanol–water partition coefficient (Wildman–Crippen LogP) is 3.64. The number of aryl methyl sites for hydroxylation is 2. The molecule has 1 aromatic heterocycles. The van der Waals surface area contributed by atoms with Crippen LogP contribution in [0.15, 0.2) is 30.3 Å². The van der Waals surface area contributed by atoms with E-state index >= 15 is 0 Å². The summed E-state index contributed by atoms with van der Waals surface area (Å²) in [5.74, 6) is 0. The normalized spacial score (nSPS) is 10.5. The SMILES string of the molecule is Cc1cc2ccccc2n1CCCCC#N. The average molecular weight is 212 g/mol. The molecule has 16 heavy (non-hydrogen) atoms. The Hall–Kier alpha value is -1.75. The van der Waals surface area contributed by atoms with E-state index in [1.807, 2.05) is 0 Å². The summed E-state index contributed by atoms with van der Waals surface area (Å²) in [5.41, 5.74) is 2.61. The fourth-order valence-corrected chi connectivity index (χ4v) is 2.12. The number of rotatable bonds is 4. The molecule has 2 nitrogen and oxygen atoms in total. The topological polar surface area (TPSA) is 28.7 Å². The summed E-state index contributed by atoms with van der Waals surface area (Å²) in [6.45, 7) is 3.16. The molecule has 0 N–H and O–H groups in total. The molecule has 0 unspecified atom stereocenters. The molecule has 0 spiro atoms. The third-order valence-electron chi connectivity index (χ3n) is 2.94. The molecule has 1 heterocycles. The van der Waals surface area contributed by atoms with Crippen LogP contribution in [-0.2, 0) is 6.54 Å². The summed E-state index contributed by atoms with van der Waals surface area (Å²) in [4.78, 5) is 0. The second-order valence-corrected chi connectivity index (χ2v) is 4.11. The van der Waals surface area contributed by atoms with Crippen LogP contribution in [0.4, 0.5) is 0 Å². The maximum absolute atomic E-state index is 8.49. The van der Waals surface area contributed by atoms with E-state index < -0.39 is 0 Å². The van der Waals surface area contributed by atoms with Crippen molar-refractivity contribution in [1.29, 1.82) is 5.26 Å². The molecule has 0 saturated heterocycles. The highest BCUT2D eigenvalue weighted by atomic mass is 15.0. The number of hydrogen-bond acceptors (Lipinski definition) is 1. The zero-order valence-electron chi connectivity index (χ0n) is 9.61. The molecule has 82 valence electrons. The lowest BCUT2D eigenvalue weighted by Gasteiger charge is -2.06. The number of benzene rings is 1. The average Bonchev–Trinajstić information content (AvgIpc) is 2.61. The fraction of sp³-hybridized carbons (Fsp3) is 0.357. The molecule has 2 rings (SSSR count). The van der Waals surface area contributed by atoms with Crippen molar-refractivity contribution in [3.05, 3.63) is 36.0 Å². The molecular formula is C14H16N2. The Bertz CT molecular complexity index is 517. The number of nitrogens with zero attached hydrogens (tertiary/aromatic N) is 2. The first-order chi connectivity index (χ1) is 7.83. The Morgan fingerprint density at radius 2 is 2.06 bits per heavy atom. The van der Waals surface area contributed by atoms with E-state index in [2.05, 4.69) is 47.9 Å². The number of unbranched alkanes of at least 4 members (excludes halogenated alkanes) is 2. The standard InChI is InChI=1S/C14H16N2/c1-12-11-13-7-3-4-8-14(13)16(12)10-6-2-5-9-15/h3-4,7-8,11H,2,5-6,10H2,1H3. The van der Waals surface area contributed by atoms with Gasteiger partial charge in [-0.2, -0.15) is 5.26 Å². The van der Waals surface area contributed by atoms with E-state index in [9.17, 15) is 0 Å². The summed E-state index contributed by atoms with van der Waals surface area (Å²) >= 11 is 0. The Kier molecular flexibility index (Phi) is 3.26. The van der Waals surface area contributed by atoms with Gasteiger partial charge in [0, 0.05) is 24.2 Å². The van der Waals surface area contributed by atoms with Crippen LogP contribution in [0.3, 0.4) is 0 Å². The molecule has 0 saturated carbocycles. The number of fused-ring (bicyclic) bond motifs is 1. The largest absolute Gasteiger partial charge is 0.345 e. The Morgan fingerprint density at radius 3 is 2.88 bits per heavy atom. The van der Waals surface area contributed by atoms with Crippen LogP contribution < -0.4 is 0 Å². The predicted molar refractivity (Wildman–Crippen MR) is 66.1 cm³/mol. The number of aromatic nitrogens is 1. The third-order valence-corrected chi connectivity index (χ3v) is 2.94. The van der Waals surface area contributed by atoms with E-state index in [1.54, 1.807) is 0 Å². The first-order valence-electron chi connectivity index (χ1n) is 5.75. The molecule has 1 aromatic carbocycles. The fourth-order valence-electron chi connectivity index (χ4n) is 2.12. The first kappa shape index (κ1) is 10.8. The van der Waals surface area contributed by atoms with Gasteiger partial charge in [0.25, 0.3) is 0 Å². The van der Waals surface area contributed by atoms with Crippen molar-refractivity contribution in [1.82, 2.24) is 4.57 Å². The molecule has 0 fully saturated rings. The van der Waals surface area contributed by atoms with Crippen LogP contribution >= 0.6 is 0 Å². The lowest BCUT2D eigenvalue weighted by Crippen LogP contribution is -1.99. The minimum atomic E-state index is 0.665. The Balaban J connectivity index is 2.17. The second kappa shape index (κ2) is 4.85. The second-order valence-electron chi connectivity index (χ2n) is 4.11. The molecule has 0 bridgehead atoms. The van der Waals surface area contributed by atoms with Crippen molar-refractivity contribution in [2.24, 2.45) is 0 Å². The molecule has 0 aliphatic carbocycles. The summed E-state index contributed by atoms with van der Waals surface area (Å²) < 4.78 is 2.34. The molecular weight excluding hydrogens is 196 g/mol. The van der Waals surface area contributed by atoms with Crippen molar-refractivity contribution in [3.63, 3.8) is 0 Å². The van der Waals surface area contributed by atoms with Gasteiger partial charge in [-0.05, 0) is 37.3 Å². The van der Waals surface area contributed by atoms with Crippen LogP contribution in [0.2, 0.25) is 0 Å². The lowest BCUT2D eigenvalue weighted by atomic mass is 10.2. The Labute approximate surface area is 96.1 Å². The minimum Gasteiger partial charge on any atom is -0.345 e. The zero-order chi connectivity index (χ0) is 11.4. The van der Waals surface area contributed by atoms with Gasteiger partial charge in [0.2, 0.25) is 0 Å². The quantitative estimate of drug-likeness (QED) is 0.711. The zero-order valence-corrected chi connectivity index (χ0v) is 9.61. The van der Waals surface area contributed by atoms with Crippen molar-refractivity contribution in [3.8, 4) is 6.07 Å². The minimum absolute atomic E-state index is 0.665. The van der Waals surface area contributed by atoms with Gasteiger partial charge >= 0.3 is 0 Å². The summed E-state index contributed by atoms with van der Waals surface area (Å²) in [6.07, 6.45) is 2.73. The molecule has 0 amide bonds. The first-order valence-corrected chi connectivity index (χ1v) is 5.75. The van der Waals surface area contributed by atoms with Gasteiger partial charge in [-0.25, -0.2) is 0 Å². The van der Waals surface area contributed by atoms with Gasteiger partial charge in [-0.15, -0.1) is 0 Å². The lowest BCUT2D eigenvalue weighted by molar-refractivity contribution is 0.621. The summed E-state index contributed by atoms with van der Waals surface area (Å²) in [5, 5.41) is 9.80. The van der Waals surface area contributed by atoms with Gasteiger partial charge in [-0.3, -0.25) is 0 Å². The van der Waals surface area contributed by atoms with Gasteiger partial charge in [0.15, 0.2) is 0 Å². The van der Waals surface area contributed by atoms with E-state index in [0.717, 1.165) is 19.4 Å². The molecule has 2 heteroatoms. The maximum Gasteiger partial charge on any atom is 0.0621 e. The smallest absolute Gasteiger partial charge is 0.0621 e. The number of para-hydroxylation sites is 1. The van der Waals surface area contributed by atoms with Crippen LogP contribution in [0.5, 0.6) is 0 Å². The highest BCUT2D eigenvalue weighted by Gasteiger charge is 2.03.